The van der Waals surface area contributed by atoms with Crippen LogP contribution < -0.4 is 10.6 Å². The first-order valence-corrected chi connectivity index (χ1v) is 7.37. The molecule has 2 rings (SSSR count). The van der Waals surface area contributed by atoms with Crippen molar-refractivity contribution < 1.29 is 18.0 Å². The van der Waals surface area contributed by atoms with Crippen LogP contribution >= 0.6 is 0 Å². The van der Waals surface area contributed by atoms with Crippen LogP contribution in [-0.2, 0) is 6.18 Å². The van der Waals surface area contributed by atoms with Gasteiger partial charge >= 0.3 is 12.2 Å². The van der Waals surface area contributed by atoms with E-state index in [0.717, 1.165) is 18.9 Å². The number of para-hydroxylation sites is 1. The van der Waals surface area contributed by atoms with Crippen LogP contribution in [0.1, 0.15) is 37.7 Å². The standard InChI is InChI=1S/C16H19F3N2O/c17-16(18,19)13-8-4-5-9-14(13)21-15(22)20-11-10-12-6-2-1-3-7-12/h4-5,8-12H,1-3,6-7H2,(H2,20,21,22)/b11-10+. The molecule has 1 aromatic rings. The maximum atomic E-state index is 12.8. The SMILES string of the molecule is O=C(N/C=C/C1CCCCC1)Nc1ccccc1C(F)(F)F. The molecule has 1 aliphatic carbocycles. The zero-order chi connectivity index (χ0) is 16.0. The number of amides is 2. The highest BCUT2D eigenvalue weighted by atomic mass is 19.4. The second kappa shape index (κ2) is 7.33. The number of carbonyl (C=O) groups excluding carboxylic acids is 1. The van der Waals surface area contributed by atoms with Crippen molar-refractivity contribution in [1.82, 2.24) is 5.32 Å². The Bertz CT molecular complexity index is 534. The molecule has 0 bridgehead atoms. The Morgan fingerprint density at radius 3 is 2.50 bits per heavy atom. The largest absolute Gasteiger partial charge is 0.418 e. The summed E-state index contributed by atoms with van der Waals surface area (Å²) in [6, 6.07) is 4.22. The average molecular weight is 312 g/mol. The Labute approximate surface area is 127 Å². The van der Waals surface area contributed by atoms with Crippen molar-refractivity contribution in [3.63, 3.8) is 0 Å². The molecule has 1 saturated carbocycles. The van der Waals surface area contributed by atoms with Crippen molar-refractivity contribution in [2.75, 3.05) is 5.32 Å². The summed E-state index contributed by atoms with van der Waals surface area (Å²) < 4.78 is 38.4. The molecule has 0 spiro atoms. The lowest BCUT2D eigenvalue weighted by Crippen LogP contribution is -2.25. The summed E-state index contributed by atoms with van der Waals surface area (Å²) in [5, 5.41) is 4.69. The van der Waals surface area contributed by atoms with Crippen LogP contribution in [0.3, 0.4) is 0 Å². The van der Waals surface area contributed by atoms with Gasteiger partial charge < -0.3 is 10.6 Å². The van der Waals surface area contributed by atoms with Crippen molar-refractivity contribution in [3.05, 3.63) is 42.1 Å². The van der Waals surface area contributed by atoms with Gasteiger partial charge in [-0.1, -0.05) is 37.5 Å². The van der Waals surface area contributed by atoms with Crippen molar-refractivity contribution >= 4 is 11.7 Å². The predicted molar refractivity (Wildman–Crippen MR) is 79.3 cm³/mol. The molecule has 2 N–H and O–H groups in total. The van der Waals surface area contributed by atoms with Gasteiger partial charge in [-0.05, 0) is 30.9 Å². The molecule has 6 heteroatoms. The topological polar surface area (TPSA) is 41.1 Å². The van der Waals surface area contributed by atoms with E-state index < -0.39 is 17.8 Å². The van der Waals surface area contributed by atoms with Gasteiger partial charge in [0, 0.05) is 6.20 Å². The van der Waals surface area contributed by atoms with E-state index in [1.165, 1.54) is 43.7 Å². The van der Waals surface area contributed by atoms with Crippen LogP contribution in [0, 0.1) is 5.92 Å². The third-order valence-electron chi connectivity index (χ3n) is 3.71. The highest BCUT2D eigenvalue weighted by Gasteiger charge is 2.33. The number of alkyl halides is 3. The summed E-state index contributed by atoms with van der Waals surface area (Å²) in [7, 11) is 0. The highest BCUT2D eigenvalue weighted by molar-refractivity contribution is 5.90. The molecule has 1 aliphatic rings. The molecular weight excluding hydrogens is 293 g/mol. The summed E-state index contributed by atoms with van der Waals surface area (Å²) >= 11 is 0. The fourth-order valence-electron chi connectivity index (χ4n) is 2.58. The van der Waals surface area contributed by atoms with Gasteiger partial charge in [-0.2, -0.15) is 13.2 Å². The lowest BCUT2D eigenvalue weighted by Gasteiger charge is -2.17. The van der Waals surface area contributed by atoms with Gasteiger partial charge in [0.15, 0.2) is 0 Å². The van der Waals surface area contributed by atoms with E-state index in [2.05, 4.69) is 10.6 Å². The van der Waals surface area contributed by atoms with E-state index in [1.807, 2.05) is 6.08 Å². The van der Waals surface area contributed by atoms with E-state index in [-0.39, 0.29) is 5.69 Å². The number of urea groups is 1. The van der Waals surface area contributed by atoms with Crippen molar-refractivity contribution in [2.24, 2.45) is 5.92 Å². The zero-order valence-corrected chi connectivity index (χ0v) is 12.1. The molecule has 2 amide bonds. The lowest BCUT2D eigenvalue weighted by atomic mass is 9.89. The first-order chi connectivity index (χ1) is 10.5. The average Bonchev–Trinajstić information content (AvgIpc) is 2.48. The highest BCUT2D eigenvalue weighted by Crippen LogP contribution is 2.34. The van der Waals surface area contributed by atoms with Crippen molar-refractivity contribution in [3.8, 4) is 0 Å². The minimum absolute atomic E-state index is 0.251. The van der Waals surface area contributed by atoms with Gasteiger partial charge in [0.05, 0.1) is 11.3 Å². The van der Waals surface area contributed by atoms with Gasteiger partial charge in [0.2, 0.25) is 0 Å². The maximum absolute atomic E-state index is 12.8. The summed E-state index contributed by atoms with van der Waals surface area (Å²) in [6.07, 6.45) is 4.72. The molecule has 3 nitrogen and oxygen atoms in total. The number of halogens is 3. The smallest absolute Gasteiger partial charge is 0.315 e. The molecule has 0 atom stereocenters. The Kier molecular flexibility index (Phi) is 5.46. The van der Waals surface area contributed by atoms with Crippen LogP contribution in [-0.4, -0.2) is 6.03 Å². The molecule has 0 aromatic heterocycles. The second-order valence-corrected chi connectivity index (χ2v) is 5.40. The number of nitrogens with one attached hydrogen (secondary N) is 2. The minimum Gasteiger partial charge on any atom is -0.315 e. The van der Waals surface area contributed by atoms with E-state index in [1.54, 1.807) is 0 Å². The first-order valence-electron chi connectivity index (χ1n) is 7.37. The van der Waals surface area contributed by atoms with Gasteiger partial charge in [0.25, 0.3) is 0 Å². The van der Waals surface area contributed by atoms with Crippen LogP contribution in [0.2, 0.25) is 0 Å². The van der Waals surface area contributed by atoms with Gasteiger partial charge in [0.1, 0.15) is 0 Å². The Balaban J connectivity index is 1.91. The molecule has 1 aromatic carbocycles. The Morgan fingerprint density at radius 2 is 1.82 bits per heavy atom. The lowest BCUT2D eigenvalue weighted by molar-refractivity contribution is -0.136. The predicted octanol–water partition coefficient (Wildman–Crippen LogP) is 4.92. The molecular formula is C16H19F3N2O. The molecule has 0 radical (unpaired) electrons. The van der Waals surface area contributed by atoms with E-state index in [4.69, 9.17) is 0 Å². The van der Waals surface area contributed by atoms with Gasteiger partial charge in [-0.15, -0.1) is 0 Å². The van der Waals surface area contributed by atoms with Crippen LogP contribution in [0.15, 0.2) is 36.5 Å². The van der Waals surface area contributed by atoms with Crippen LogP contribution in [0.5, 0.6) is 0 Å². The summed E-state index contributed by atoms with van der Waals surface area (Å²) in [4.78, 5) is 11.7. The first kappa shape index (κ1) is 16.4. The normalized spacial score (nSPS) is 16.7. The number of benzene rings is 1. The summed E-state index contributed by atoms with van der Waals surface area (Å²) in [5.41, 5.74) is -1.11. The summed E-state index contributed by atoms with van der Waals surface area (Å²) in [5.74, 6) is 0.441. The fraction of sp³-hybridized carbons (Fsp3) is 0.438. The molecule has 0 heterocycles. The monoisotopic (exact) mass is 312 g/mol. The van der Waals surface area contributed by atoms with Gasteiger partial charge in [-0.25, -0.2) is 4.79 Å². The quantitative estimate of drug-likeness (QED) is 0.817. The molecule has 22 heavy (non-hydrogen) atoms. The Morgan fingerprint density at radius 1 is 1.14 bits per heavy atom. The molecule has 0 aliphatic heterocycles. The van der Waals surface area contributed by atoms with Crippen LogP contribution in [0.4, 0.5) is 23.7 Å². The fourth-order valence-corrected chi connectivity index (χ4v) is 2.58. The van der Waals surface area contributed by atoms with E-state index in [0.29, 0.717) is 5.92 Å². The maximum Gasteiger partial charge on any atom is 0.418 e. The number of hydrogen-bond acceptors (Lipinski definition) is 1. The molecule has 0 saturated heterocycles. The zero-order valence-electron chi connectivity index (χ0n) is 12.1. The minimum atomic E-state index is -4.50. The number of carbonyl (C=O) groups is 1. The molecule has 120 valence electrons. The number of rotatable bonds is 3. The van der Waals surface area contributed by atoms with Gasteiger partial charge in [-0.3, -0.25) is 0 Å². The number of hydrogen-bond donors (Lipinski definition) is 2. The third-order valence-corrected chi connectivity index (χ3v) is 3.71. The summed E-state index contributed by atoms with van der Waals surface area (Å²) in [6.45, 7) is 0. The third kappa shape index (κ3) is 4.79. The van der Waals surface area contributed by atoms with E-state index in [9.17, 15) is 18.0 Å². The molecule has 1 fully saturated rings. The molecule has 0 unspecified atom stereocenters. The Hall–Kier alpha value is -1.98. The van der Waals surface area contributed by atoms with Crippen molar-refractivity contribution in [2.45, 2.75) is 38.3 Å². The number of anilines is 1. The second-order valence-electron chi connectivity index (χ2n) is 5.40. The van der Waals surface area contributed by atoms with Crippen molar-refractivity contribution in [1.29, 1.82) is 0 Å². The number of allylic oxidation sites excluding steroid dienone is 1. The van der Waals surface area contributed by atoms with E-state index >= 15 is 0 Å². The van der Waals surface area contributed by atoms with Crippen LogP contribution in [0.25, 0.3) is 0 Å².